The van der Waals surface area contributed by atoms with Crippen molar-refractivity contribution in [3.63, 3.8) is 0 Å². The average Bonchev–Trinajstić information content (AvgIpc) is 2.53. The van der Waals surface area contributed by atoms with Gasteiger partial charge in [-0.3, -0.25) is 9.79 Å². The van der Waals surface area contributed by atoms with E-state index in [1.165, 1.54) is 17.8 Å². The second-order valence-corrected chi connectivity index (χ2v) is 9.15. The molecule has 0 saturated heterocycles. The van der Waals surface area contributed by atoms with Crippen LogP contribution in [-0.2, 0) is 15.1 Å². The van der Waals surface area contributed by atoms with Crippen LogP contribution >= 0.6 is 11.8 Å². The van der Waals surface area contributed by atoms with E-state index in [1.54, 1.807) is 18.2 Å². The lowest BCUT2D eigenvalue weighted by atomic mass is 9.69. The Hall–Kier alpha value is -1.43. The number of halogens is 2. The summed E-state index contributed by atoms with van der Waals surface area (Å²) in [5.41, 5.74) is -0.829. The van der Waals surface area contributed by atoms with Crippen LogP contribution in [0.3, 0.4) is 0 Å². The number of carbonyl (C=O) groups excluding carboxylic acids is 1. The van der Waals surface area contributed by atoms with Crippen LogP contribution < -0.4 is 0 Å². The van der Waals surface area contributed by atoms with Crippen molar-refractivity contribution >= 4 is 22.8 Å². The molecule has 1 saturated carbocycles. The summed E-state index contributed by atoms with van der Waals surface area (Å²) in [6.45, 7) is 5.46. The molecule has 0 bridgehead atoms. The molecule has 0 aromatic heterocycles. The molecule has 6 heteroatoms. The summed E-state index contributed by atoms with van der Waals surface area (Å²) < 4.78 is 34.0. The molecule has 1 fully saturated rings. The van der Waals surface area contributed by atoms with Crippen LogP contribution in [0.25, 0.3) is 0 Å². The summed E-state index contributed by atoms with van der Waals surface area (Å²) in [7, 11) is 0. The Balaban J connectivity index is 1.93. The van der Waals surface area contributed by atoms with Gasteiger partial charge in [-0.05, 0) is 46.1 Å². The Morgan fingerprint density at radius 1 is 1.38 bits per heavy atom. The van der Waals surface area contributed by atoms with Crippen LogP contribution in [0.2, 0.25) is 0 Å². The largest absolute Gasteiger partial charge is 0.460 e. The maximum absolute atomic E-state index is 14.6. The first-order valence-electron chi connectivity index (χ1n) is 9.02. The van der Waals surface area contributed by atoms with Crippen molar-refractivity contribution in [2.24, 2.45) is 10.9 Å². The molecule has 1 aliphatic carbocycles. The fraction of sp³-hybridized carbons (Fsp3) is 0.600. The van der Waals surface area contributed by atoms with Crippen molar-refractivity contribution in [1.82, 2.24) is 0 Å². The van der Waals surface area contributed by atoms with Crippen molar-refractivity contribution in [2.45, 2.75) is 63.8 Å². The Labute approximate surface area is 157 Å². The molecule has 1 unspecified atom stereocenters. The van der Waals surface area contributed by atoms with Crippen molar-refractivity contribution in [2.75, 3.05) is 5.75 Å². The SMILES string of the molecule is CC(C)(C)OC(=O)CC1=N[C@@]2(c3ccccc3F)CCC(F)C[C@H]2CS1. The number of benzene rings is 1. The molecule has 0 amide bonds. The smallest absolute Gasteiger partial charge is 0.312 e. The van der Waals surface area contributed by atoms with Gasteiger partial charge in [0.2, 0.25) is 0 Å². The number of esters is 1. The van der Waals surface area contributed by atoms with Crippen molar-refractivity contribution < 1.29 is 18.3 Å². The number of thioether (sulfide) groups is 1. The number of rotatable bonds is 3. The van der Waals surface area contributed by atoms with Gasteiger partial charge in [0.1, 0.15) is 17.6 Å². The molecule has 3 nitrogen and oxygen atoms in total. The molecule has 0 spiro atoms. The normalized spacial score (nSPS) is 28.9. The molecule has 3 atom stereocenters. The number of alkyl halides is 1. The van der Waals surface area contributed by atoms with Crippen molar-refractivity contribution in [3.8, 4) is 0 Å². The quantitative estimate of drug-likeness (QED) is 0.689. The predicted molar refractivity (Wildman–Crippen MR) is 101 cm³/mol. The maximum Gasteiger partial charge on any atom is 0.312 e. The summed E-state index contributed by atoms with van der Waals surface area (Å²) in [5.74, 6) is -0.0983. The zero-order valence-electron chi connectivity index (χ0n) is 15.4. The van der Waals surface area contributed by atoms with E-state index < -0.39 is 17.3 Å². The van der Waals surface area contributed by atoms with Gasteiger partial charge in [-0.15, -0.1) is 11.8 Å². The molecule has 2 aliphatic rings. The first-order chi connectivity index (χ1) is 12.2. The van der Waals surface area contributed by atoms with E-state index in [2.05, 4.69) is 0 Å². The highest BCUT2D eigenvalue weighted by Gasteiger charge is 2.48. The minimum Gasteiger partial charge on any atom is -0.460 e. The van der Waals surface area contributed by atoms with Gasteiger partial charge >= 0.3 is 5.97 Å². The van der Waals surface area contributed by atoms with Crippen molar-refractivity contribution in [3.05, 3.63) is 35.6 Å². The Kier molecular flexibility index (Phi) is 5.42. The van der Waals surface area contributed by atoms with E-state index in [0.717, 1.165) is 0 Å². The van der Waals surface area contributed by atoms with Gasteiger partial charge in [-0.25, -0.2) is 8.78 Å². The summed E-state index contributed by atoms with van der Waals surface area (Å²) in [6, 6.07) is 6.60. The summed E-state index contributed by atoms with van der Waals surface area (Å²) in [6.07, 6.45) is 0.397. The molecular formula is C20H25F2NO2S. The second-order valence-electron chi connectivity index (χ2n) is 8.05. The zero-order chi connectivity index (χ0) is 18.9. The Morgan fingerprint density at radius 2 is 2.12 bits per heavy atom. The third kappa shape index (κ3) is 4.11. The first kappa shape index (κ1) is 19.3. The first-order valence-corrected chi connectivity index (χ1v) is 10.0. The molecule has 1 aromatic carbocycles. The topological polar surface area (TPSA) is 38.7 Å². The highest BCUT2D eigenvalue weighted by molar-refractivity contribution is 8.14. The molecule has 0 radical (unpaired) electrons. The van der Waals surface area contributed by atoms with Crippen LogP contribution in [0.5, 0.6) is 0 Å². The van der Waals surface area contributed by atoms with Gasteiger partial charge in [-0.2, -0.15) is 0 Å². The fourth-order valence-electron chi connectivity index (χ4n) is 3.83. The number of aliphatic imine (C=N–C) groups is 1. The van der Waals surface area contributed by atoms with Gasteiger partial charge in [0.15, 0.2) is 0 Å². The van der Waals surface area contributed by atoms with E-state index in [9.17, 15) is 13.6 Å². The molecular weight excluding hydrogens is 356 g/mol. The highest BCUT2D eigenvalue weighted by atomic mass is 32.2. The molecule has 1 aliphatic heterocycles. The lowest BCUT2D eigenvalue weighted by molar-refractivity contribution is -0.153. The Bertz CT molecular complexity index is 716. The third-order valence-electron chi connectivity index (χ3n) is 4.89. The summed E-state index contributed by atoms with van der Waals surface area (Å²) in [5, 5.41) is 0.649. The van der Waals surface area contributed by atoms with E-state index in [4.69, 9.17) is 9.73 Å². The van der Waals surface area contributed by atoms with Crippen LogP contribution in [0.15, 0.2) is 29.3 Å². The Morgan fingerprint density at radius 3 is 2.81 bits per heavy atom. The highest BCUT2D eigenvalue weighted by Crippen LogP contribution is 2.50. The number of hydrogen-bond donors (Lipinski definition) is 0. The maximum atomic E-state index is 14.6. The van der Waals surface area contributed by atoms with Crippen molar-refractivity contribution in [1.29, 1.82) is 0 Å². The fourth-order valence-corrected chi connectivity index (χ4v) is 5.08. The number of nitrogens with zero attached hydrogens (tertiary/aromatic N) is 1. The number of fused-ring (bicyclic) bond motifs is 1. The third-order valence-corrected chi connectivity index (χ3v) is 6.02. The minimum atomic E-state index is -0.872. The lowest BCUT2D eigenvalue weighted by Gasteiger charge is -2.45. The van der Waals surface area contributed by atoms with Gasteiger partial charge < -0.3 is 4.74 Å². The van der Waals surface area contributed by atoms with Crippen LogP contribution in [-0.4, -0.2) is 28.5 Å². The number of ether oxygens (including phenoxy) is 1. The van der Waals surface area contributed by atoms with Crippen LogP contribution in [0.1, 0.15) is 52.0 Å². The summed E-state index contributed by atoms with van der Waals surface area (Å²) in [4.78, 5) is 17.0. The van der Waals surface area contributed by atoms with Gasteiger partial charge in [-0.1, -0.05) is 18.2 Å². The predicted octanol–water partition coefficient (Wildman–Crippen LogP) is 5.04. The molecule has 142 valence electrons. The van der Waals surface area contributed by atoms with Gasteiger partial charge in [0.05, 0.1) is 17.0 Å². The number of hydrogen-bond acceptors (Lipinski definition) is 4. The van der Waals surface area contributed by atoms with Gasteiger partial charge in [0, 0.05) is 17.2 Å². The standard InChI is InChI=1S/C20H25F2NO2S/c1-19(2,3)25-18(24)11-17-23-20(15-6-4-5-7-16(15)22)9-8-14(21)10-13(20)12-26-17/h4-7,13-14H,8-12H2,1-3H3/t13-,14?,20-/m0/s1. The van der Waals surface area contributed by atoms with E-state index in [1.807, 2.05) is 20.8 Å². The molecule has 1 aromatic rings. The number of carbonyl (C=O) groups is 1. The second kappa shape index (κ2) is 7.29. The van der Waals surface area contributed by atoms with Crippen LogP contribution in [0.4, 0.5) is 8.78 Å². The minimum absolute atomic E-state index is 0.0733. The molecule has 3 rings (SSSR count). The average molecular weight is 381 g/mol. The van der Waals surface area contributed by atoms with Crippen LogP contribution in [0, 0.1) is 11.7 Å². The zero-order valence-corrected chi connectivity index (χ0v) is 16.2. The molecule has 0 N–H and O–H groups in total. The van der Waals surface area contributed by atoms with E-state index in [0.29, 0.717) is 35.6 Å². The molecule has 1 heterocycles. The van der Waals surface area contributed by atoms with Gasteiger partial charge in [0.25, 0.3) is 0 Å². The monoisotopic (exact) mass is 381 g/mol. The van der Waals surface area contributed by atoms with E-state index >= 15 is 0 Å². The van der Waals surface area contributed by atoms with E-state index in [-0.39, 0.29) is 24.1 Å². The summed E-state index contributed by atoms with van der Waals surface area (Å²) >= 11 is 1.46. The lowest BCUT2D eigenvalue weighted by Crippen LogP contribution is -2.44. The molecule has 26 heavy (non-hydrogen) atoms.